The number of carbonyl (C=O) groups is 1. The van der Waals surface area contributed by atoms with Gasteiger partial charge in [-0.25, -0.2) is 0 Å². The maximum Gasteiger partial charge on any atom is 0.135 e. The maximum absolute atomic E-state index is 11.2. The van der Waals surface area contributed by atoms with E-state index < -0.39 is 0 Å². The quantitative estimate of drug-likeness (QED) is 0.546. The fraction of sp³-hybridized carbons (Fsp3) is 0.889. The average molecular weight is 140 g/mol. The van der Waals surface area contributed by atoms with Crippen molar-refractivity contribution in [3.63, 3.8) is 0 Å². The van der Waals surface area contributed by atoms with Crippen LogP contribution in [0.5, 0.6) is 0 Å². The zero-order valence-corrected chi connectivity index (χ0v) is 6.89. The summed E-state index contributed by atoms with van der Waals surface area (Å²) in [5.41, 5.74) is 0. The highest BCUT2D eigenvalue weighted by atomic mass is 16.1. The van der Waals surface area contributed by atoms with Gasteiger partial charge >= 0.3 is 0 Å². The Hall–Kier alpha value is -0.330. The molecule has 0 spiro atoms. The lowest BCUT2D eigenvalue weighted by molar-refractivity contribution is -0.126. The van der Waals surface area contributed by atoms with Gasteiger partial charge in [-0.1, -0.05) is 20.3 Å². The van der Waals surface area contributed by atoms with Gasteiger partial charge in [-0.3, -0.25) is 4.79 Å². The van der Waals surface area contributed by atoms with Crippen LogP contribution in [0.4, 0.5) is 0 Å². The third-order valence-electron chi connectivity index (χ3n) is 2.74. The first kappa shape index (κ1) is 7.77. The van der Waals surface area contributed by atoms with Gasteiger partial charge in [0.1, 0.15) is 5.78 Å². The van der Waals surface area contributed by atoms with E-state index in [-0.39, 0.29) is 0 Å². The Bertz CT molecular complexity index is 129. The van der Waals surface area contributed by atoms with Crippen molar-refractivity contribution in [1.82, 2.24) is 0 Å². The molecule has 0 unspecified atom stereocenters. The van der Waals surface area contributed by atoms with E-state index in [1.807, 2.05) is 0 Å². The van der Waals surface area contributed by atoms with Crippen molar-refractivity contribution < 1.29 is 4.79 Å². The van der Waals surface area contributed by atoms with Gasteiger partial charge in [-0.2, -0.15) is 0 Å². The second-order valence-corrected chi connectivity index (χ2v) is 3.32. The topological polar surface area (TPSA) is 17.1 Å². The first-order valence-corrected chi connectivity index (χ1v) is 4.28. The van der Waals surface area contributed by atoms with Crippen molar-refractivity contribution in [2.75, 3.05) is 0 Å². The molecule has 2 atom stereocenters. The van der Waals surface area contributed by atoms with E-state index in [2.05, 4.69) is 13.8 Å². The standard InChI is InChI=1S/C9H16O/c1-3-8-5-4-6-9(10)7(8)2/h7-8H,3-6H2,1-2H3/t7-,8-/m1/s1. The number of hydrogen-bond acceptors (Lipinski definition) is 1. The van der Waals surface area contributed by atoms with E-state index in [4.69, 9.17) is 0 Å². The van der Waals surface area contributed by atoms with Crippen LogP contribution in [0, 0.1) is 11.8 Å². The van der Waals surface area contributed by atoms with Crippen molar-refractivity contribution in [3.05, 3.63) is 0 Å². The SMILES string of the molecule is CC[C@@H]1CCCC(=O)[C@@H]1C. The number of ketones is 1. The molecule has 58 valence electrons. The van der Waals surface area contributed by atoms with Crippen molar-refractivity contribution in [1.29, 1.82) is 0 Å². The summed E-state index contributed by atoms with van der Waals surface area (Å²) in [7, 11) is 0. The third kappa shape index (κ3) is 1.39. The zero-order chi connectivity index (χ0) is 7.56. The molecule has 0 amide bonds. The van der Waals surface area contributed by atoms with E-state index in [0.717, 1.165) is 12.8 Å². The molecule has 0 aromatic heterocycles. The molecule has 0 aromatic rings. The molecule has 1 rings (SSSR count). The fourth-order valence-electron chi connectivity index (χ4n) is 1.84. The second kappa shape index (κ2) is 3.18. The molecule has 0 radical (unpaired) electrons. The lowest BCUT2D eigenvalue weighted by Gasteiger charge is -2.26. The molecule has 0 aromatic carbocycles. The van der Waals surface area contributed by atoms with Crippen molar-refractivity contribution in [3.8, 4) is 0 Å². The summed E-state index contributed by atoms with van der Waals surface area (Å²) in [5.74, 6) is 1.51. The van der Waals surface area contributed by atoms with Crippen molar-refractivity contribution >= 4 is 5.78 Å². The Kier molecular flexibility index (Phi) is 2.47. The lowest BCUT2D eigenvalue weighted by Crippen LogP contribution is -2.25. The highest BCUT2D eigenvalue weighted by Gasteiger charge is 2.25. The molecule has 1 nitrogen and oxygen atoms in total. The normalized spacial score (nSPS) is 34.4. The Morgan fingerprint density at radius 1 is 1.60 bits per heavy atom. The van der Waals surface area contributed by atoms with Crippen LogP contribution >= 0.6 is 0 Å². The smallest absolute Gasteiger partial charge is 0.135 e. The number of rotatable bonds is 1. The number of carbonyl (C=O) groups excluding carboxylic acids is 1. The molecule has 1 aliphatic rings. The summed E-state index contributed by atoms with van der Waals surface area (Å²) in [6.45, 7) is 4.26. The maximum atomic E-state index is 11.2. The zero-order valence-electron chi connectivity index (χ0n) is 6.89. The summed E-state index contributed by atoms with van der Waals surface area (Å²) >= 11 is 0. The van der Waals surface area contributed by atoms with E-state index in [0.29, 0.717) is 17.6 Å². The van der Waals surface area contributed by atoms with Crippen LogP contribution in [0.3, 0.4) is 0 Å². The molecule has 0 saturated heterocycles. The Balaban J connectivity index is 2.51. The molecule has 0 aliphatic heterocycles. The molecule has 0 bridgehead atoms. The number of hydrogen-bond donors (Lipinski definition) is 0. The molecule has 1 saturated carbocycles. The molecular weight excluding hydrogens is 124 g/mol. The summed E-state index contributed by atoms with van der Waals surface area (Å²) in [4.78, 5) is 11.2. The predicted molar refractivity (Wildman–Crippen MR) is 41.8 cm³/mol. The number of Topliss-reactive ketones (excluding diaryl/α,β-unsaturated/α-hetero) is 1. The monoisotopic (exact) mass is 140 g/mol. The summed E-state index contributed by atoms with van der Waals surface area (Å²) in [5, 5.41) is 0. The van der Waals surface area contributed by atoms with Crippen LogP contribution in [0.15, 0.2) is 0 Å². The van der Waals surface area contributed by atoms with Gasteiger partial charge in [0.25, 0.3) is 0 Å². The predicted octanol–water partition coefficient (Wildman–Crippen LogP) is 2.40. The van der Waals surface area contributed by atoms with Gasteiger partial charge < -0.3 is 0 Å². The Labute approximate surface area is 62.8 Å². The summed E-state index contributed by atoms with van der Waals surface area (Å²) in [6, 6.07) is 0. The lowest BCUT2D eigenvalue weighted by atomic mass is 9.78. The van der Waals surface area contributed by atoms with Crippen LogP contribution < -0.4 is 0 Å². The molecule has 0 N–H and O–H groups in total. The minimum Gasteiger partial charge on any atom is -0.299 e. The van der Waals surface area contributed by atoms with Gasteiger partial charge in [0, 0.05) is 12.3 Å². The second-order valence-electron chi connectivity index (χ2n) is 3.32. The summed E-state index contributed by atoms with van der Waals surface area (Å²) < 4.78 is 0. The Morgan fingerprint density at radius 2 is 2.30 bits per heavy atom. The molecular formula is C9H16O. The van der Waals surface area contributed by atoms with E-state index in [1.165, 1.54) is 12.8 Å². The van der Waals surface area contributed by atoms with Crippen molar-refractivity contribution in [2.45, 2.75) is 39.5 Å². The van der Waals surface area contributed by atoms with E-state index in [1.54, 1.807) is 0 Å². The fourth-order valence-corrected chi connectivity index (χ4v) is 1.84. The van der Waals surface area contributed by atoms with E-state index >= 15 is 0 Å². The molecule has 1 fully saturated rings. The molecule has 1 aliphatic carbocycles. The summed E-state index contributed by atoms with van der Waals surface area (Å²) in [6.07, 6.45) is 4.40. The van der Waals surface area contributed by atoms with Crippen LogP contribution in [0.2, 0.25) is 0 Å². The van der Waals surface area contributed by atoms with E-state index in [9.17, 15) is 4.79 Å². The largest absolute Gasteiger partial charge is 0.299 e. The minimum absolute atomic E-state index is 0.346. The van der Waals surface area contributed by atoms with Crippen LogP contribution in [0.25, 0.3) is 0 Å². The van der Waals surface area contributed by atoms with Gasteiger partial charge in [-0.05, 0) is 18.8 Å². The minimum atomic E-state index is 0.346. The first-order valence-electron chi connectivity index (χ1n) is 4.28. The first-order chi connectivity index (χ1) is 4.75. The average Bonchev–Trinajstić information content (AvgIpc) is 1.95. The van der Waals surface area contributed by atoms with Crippen molar-refractivity contribution in [2.24, 2.45) is 11.8 Å². The van der Waals surface area contributed by atoms with Gasteiger partial charge in [0.2, 0.25) is 0 Å². The van der Waals surface area contributed by atoms with Gasteiger partial charge in [0.05, 0.1) is 0 Å². The highest BCUT2D eigenvalue weighted by Crippen LogP contribution is 2.28. The van der Waals surface area contributed by atoms with Gasteiger partial charge in [-0.15, -0.1) is 0 Å². The molecule has 0 heterocycles. The Morgan fingerprint density at radius 3 is 2.80 bits per heavy atom. The highest BCUT2D eigenvalue weighted by molar-refractivity contribution is 5.81. The third-order valence-corrected chi connectivity index (χ3v) is 2.74. The van der Waals surface area contributed by atoms with Gasteiger partial charge in [0.15, 0.2) is 0 Å². The van der Waals surface area contributed by atoms with Crippen LogP contribution in [0.1, 0.15) is 39.5 Å². The van der Waals surface area contributed by atoms with Crippen LogP contribution in [-0.2, 0) is 4.79 Å². The molecule has 10 heavy (non-hydrogen) atoms. The van der Waals surface area contributed by atoms with Crippen LogP contribution in [-0.4, -0.2) is 5.78 Å². The molecule has 1 heteroatoms.